The Hall–Kier alpha value is -0.940. The van der Waals surface area contributed by atoms with Gasteiger partial charge in [0.05, 0.1) is 6.10 Å². The lowest BCUT2D eigenvalue weighted by atomic mass is 9.98. The van der Waals surface area contributed by atoms with Gasteiger partial charge in [0.15, 0.2) is 0 Å². The highest BCUT2D eigenvalue weighted by atomic mass is 16.3. The Labute approximate surface area is 128 Å². The molecule has 1 atom stereocenters. The second-order valence-electron chi connectivity index (χ2n) is 6.26. The zero-order valence-corrected chi connectivity index (χ0v) is 13.0. The Balaban J connectivity index is 1.68. The van der Waals surface area contributed by atoms with Crippen molar-refractivity contribution in [1.29, 1.82) is 0 Å². The number of aliphatic hydroxyl groups excluding tert-OH is 2. The maximum Gasteiger partial charge on any atom is 0.0793 e. The quantitative estimate of drug-likeness (QED) is 0.792. The zero-order valence-electron chi connectivity index (χ0n) is 13.0. The number of piperidine rings is 1. The molecule has 2 N–H and O–H groups in total. The normalized spacial score (nSPS) is 19.0. The smallest absolute Gasteiger partial charge is 0.0793 e. The van der Waals surface area contributed by atoms with E-state index < -0.39 is 0 Å². The molecule has 0 saturated carbocycles. The summed E-state index contributed by atoms with van der Waals surface area (Å²) in [5, 5.41) is 19.4. The molecule has 21 heavy (non-hydrogen) atoms. The largest absolute Gasteiger partial charge is 0.396 e. The number of rotatable bonds is 7. The monoisotopic (exact) mass is 292 g/mol. The van der Waals surface area contributed by atoms with E-state index in [9.17, 15) is 5.11 Å². The van der Waals surface area contributed by atoms with Crippen LogP contribution in [0.4, 0.5) is 0 Å². The van der Waals surface area contributed by atoms with Crippen LogP contribution in [0.2, 0.25) is 0 Å². The van der Waals surface area contributed by atoms with Crippen LogP contribution in [-0.4, -0.2) is 66.0 Å². The fraction of sp³-hybridized carbons (Fsp3) is 0.647. The number of hydrogen-bond donors (Lipinski definition) is 2. The minimum Gasteiger partial charge on any atom is -0.396 e. The zero-order chi connectivity index (χ0) is 15.1. The summed E-state index contributed by atoms with van der Waals surface area (Å²) in [4.78, 5) is 4.48. The lowest BCUT2D eigenvalue weighted by Gasteiger charge is -2.33. The first kappa shape index (κ1) is 16.4. The van der Waals surface area contributed by atoms with E-state index in [1.54, 1.807) is 0 Å². The molecule has 1 heterocycles. The van der Waals surface area contributed by atoms with Gasteiger partial charge in [-0.1, -0.05) is 30.3 Å². The van der Waals surface area contributed by atoms with Gasteiger partial charge < -0.3 is 15.1 Å². The highest BCUT2D eigenvalue weighted by Gasteiger charge is 2.20. The SMILES string of the molecule is CN(Cc1ccccc1)CC(O)CN1CCC(CO)CC1. The van der Waals surface area contributed by atoms with E-state index in [1.165, 1.54) is 5.56 Å². The van der Waals surface area contributed by atoms with E-state index in [0.29, 0.717) is 19.1 Å². The summed E-state index contributed by atoms with van der Waals surface area (Å²) < 4.78 is 0. The lowest BCUT2D eigenvalue weighted by molar-refractivity contribution is 0.0573. The fourth-order valence-electron chi connectivity index (χ4n) is 3.03. The highest BCUT2D eigenvalue weighted by Crippen LogP contribution is 2.16. The van der Waals surface area contributed by atoms with Crippen molar-refractivity contribution in [3.8, 4) is 0 Å². The summed E-state index contributed by atoms with van der Waals surface area (Å²) in [6, 6.07) is 10.3. The predicted molar refractivity (Wildman–Crippen MR) is 85.0 cm³/mol. The van der Waals surface area contributed by atoms with Crippen molar-refractivity contribution >= 4 is 0 Å². The van der Waals surface area contributed by atoms with Crippen molar-refractivity contribution in [3.63, 3.8) is 0 Å². The van der Waals surface area contributed by atoms with E-state index in [1.807, 2.05) is 25.2 Å². The maximum absolute atomic E-state index is 10.2. The number of hydrogen-bond acceptors (Lipinski definition) is 4. The summed E-state index contributed by atoms with van der Waals surface area (Å²) in [6.45, 7) is 4.57. The van der Waals surface area contributed by atoms with Crippen molar-refractivity contribution in [2.45, 2.75) is 25.5 Å². The first-order valence-corrected chi connectivity index (χ1v) is 7.91. The van der Waals surface area contributed by atoms with Crippen LogP contribution in [0.25, 0.3) is 0 Å². The summed E-state index contributed by atoms with van der Waals surface area (Å²) in [6.07, 6.45) is 1.77. The van der Waals surface area contributed by atoms with E-state index in [0.717, 1.165) is 39.0 Å². The molecule has 0 radical (unpaired) electrons. The Bertz CT molecular complexity index is 391. The van der Waals surface area contributed by atoms with Gasteiger partial charge >= 0.3 is 0 Å². The average Bonchev–Trinajstić information content (AvgIpc) is 2.48. The van der Waals surface area contributed by atoms with Crippen molar-refractivity contribution in [1.82, 2.24) is 9.80 Å². The standard InChI is InChI=1S/C17H28N2O2/c1-18(11-15-5-3-2-4-6-15)12-17(21)13-19-9-7-16(14-20)8-10-19/h2-6,16-17,20-21H,7-14H2,1H3. The van der Waals surface area contributed by atoms with Crippen LogP contribution in [0.15, 0.2) is 30.3 Å². The lowest BCUT2D eigenvalue weighted by Crippen LogP contribution is -2.42. The topological polar surface area (TPSA) is 46.9 Å². The van der Waals surface area contributed by atoms with Gasteiger partial charge in [0.1, 0.15) is 0 Å². The molecule has 4 heteroatoms. The highest BCUT2D eigenvalue weighted by molar-refractivity contribution is 5.14. The summed E-state index contributed by atoms with van der Waals surface area (Å²) in [5.74, 6) is 0.458. The van der Waals surface area contributed by atoms with Crippen LogP contribution in [0.5, 0.6) is 0 Å². The molecule has 0 amide bonds. The fourth-order valence-corrected chi connectivity index (χ4v) is 3.03. The molecular weight excluding hydrogens is 264 g/mol. The van der Waals surface area contributed by atoms with Gasteiger partial charge in [0.25, 0.3) is 0 Å². The molecule has 118 valence electrons. The van der Waals surface area contributed by atoms with E-state index in [4.69, 9.17) is 5.11 Å². The third-order valence-corrected chi connectivity index (χ3v) is 4.25. The second kappa shape index (κ2) is 8.49. The van der Waals surface area contributed by atoms with Crippen LogP contribution in [0.1, 0.15) is 18.4 Å². The van der Waals surface area contributed by atoms with E-state index in [-0.39, 0.29) is 6.10 Å². The third-order valence-electron chi connectivity index (χ3n) is 4.25. The molecule has 2 rings (SSSR count). The Morgan fingerprint density at radius 2 is 1.90 bits per heavy atom. The number of β-amino-alcohol motifs (C(OH)–C–C–N with tert-alkyl or cyclic N) is 1. The number of benzene rings is 1. The molecule has 1 aromatic carbocycles. The Morgan fingerprint density at radius 1 is 1.24 bits per heavy atom. The van der Waals surface area contributed by atoms with Crippen LogP contribution in [0.3, 0.4) is 0 Å². The molecule has 1 fully saturated rings. The summed E-state index contributed by atoms with van der Waals surface area (Å²) in [7, 11) is 2.05. The van der Waals surface area contributed by atoms with Gasteiger partial charge in [-0.2, -0.15) is 0 Å². The molecule has 0 aromatic heterocycles. The van der Waals surface area contributed by atoms with Crippen LogP contribution < -0.4 is 0 Å². The van der Waals surface area contributed by atoms with Crippen molar-refractivity contribution in [2.24, 2.45) is 5.92 Å². The molecule has 1 aliphatic heterocycles. The minimum absolute atomic E-state index is 0.302. The molecule has 1 aromatic rings. The van der Waals surface area contributed by atoms with E-state index >= 15 is 0 Å². The Morgan fingerprint density at radius 3 is 2.52 bits per heavy atom. The third kappa shape index (κ3) is 5.75. The second-order valence-corrected chi connectivity index (χ2v) is 6.26. The summed E-state index contributed by atoms with van der Waals surface area (Å²) >= 11 is 0. The maximum atomic E-state index is 10.2. The minimum atomic E-state index is -0.315. The first-order valence-electron chi connectivity index (χ1n) is 7.91. The molecule has 1 unspecified atom stereocenters. The molecule has 0 aliphatic carbocycles. The van der Waals surface area contributed by atoms with Gasteiger partial charge in [-0.25, -0.2) is 0 Å². The van der Waals surface area contributed by atoms with Crippen LogP contribution in [0, 0.1) is 5.92 Å². The molecule has 0 bridgehead atoms. The van der Waals surface area contributed by atoms with Crippen molar-refractivity contribution in [3.05, 3.63) is 35.9 Å². The molecule has 1 saturated heterocycles. The number of aliphatic hydroxyl groups is 2. The first-order chi connectivity index (χ1) is 10.2. The van der Waals surface area contributed by atoms with Gasteiger partial charge in [0.2, 0.25) is 0 Å². The number of likely N-dealkylation sites (tertiary alicyclic amines) is 1. The van der Waals surface area contributed by atoms with E-state index in [2.05, 4.69) is 21.9 Å². The molecule has 4 nitrogen and oxygen atoms in total. The molecular formula is C17H28N2O2. The van der Waals surface area contributed by atoms with Crippen LogP contribution >= 0.6 is 0 Å². The van der Waals surface area contributed by atoms with Crippen molar-refractivity contribution in [2.75, 3.05) is 39.8 Å². The number of likely N-dealkylation sites (N-methyl/N-ethyl adjacent to an activating group) is 1. The van der Waals surface area contributed by atoms with Crippen molar-refractivity contribution < 1.29 is 10.2 Å². The Kier molecular flexibility index (Phi) is 6.64. The average molecular weight is 292 g/mol. The predicted octanol–water partition coefficient (Wildman–Crippen LogP) is 1.18. The summed E-state index contributed by atoms with van der Waals surface area (Å²) in [5.41, 5.74) is 1.27. The molecule has 0 spiro atoms. The van der Waals surface area contributed by atoms with Gasteiger partial charge in [-0.15, -0.1) is 0 Å². The molecule has 1 aliphatic rings. The van der Waals surface area contributed by atoms with Crippen LogP contribution in [-0.2, 0) is 6.54 Å². The number of nitrogens with zero attached hydrogens (tertiary/aromatic N) is 2. The van der Waals surface area contributed by atoms with Gasteiger partial charge in [-0.05, 0) is 44.5 Å². The van der Waals surface area contributed by atoms with Gasteiger partial charge in [0, 0.05) is 26.2 Å². The van der Waals surface area contributed by atoms with Gasteiger partial charge in [-0.3, -0.25) is 4.90 Å².